The molecule has 28 heavy (non-hydrogen) atoms. The maximum absolute atomic E-state index is 13.2. The van der Waals surface area contributed by atoms with Gasteiger partial charge in [-0.1, -0.05) is 36.7 Å². The summed E-state index contributed by atoms with van der Waals surface area (Å²) < 4.78 is 40.0. The topological polar surface area (TPSA) is 101 Å². The molecule has 1 fully saturated rings. The van der Waals surface area contributed by atoms with Gasteiger partial charge in [-0.3, -0.25) is 9.59 Å². The number of esters is 1. The van der Waals surface area contributed by atoms with Crippen LogP contribution in [-0.4, -0.2) is 36.9 Å². The Morgan fingerprint density at radius 3 is 2.43 bits per heavy atom. The molecule has 0 aromatic heterocycles. The fourth-order valence-corrected chi connectivity index (χ4v) is 6.31. The van der Waals surface area contributed by atoms with Crippen molar-refractivity contribution in [3.8, 4) is 0 Å². The molecule has 8 heteroatoms. The number of hydrogen-bond acceptors (Lipinski definition) is 4. The van der Waals surface area contributed by atoms with Gasteiger partial charge in [0, 0.05) is 0 Å². The highest BCUT2D eigenvalue weighted by molar-refractivity contribution is 8.10. The van der Waals surface area contributed by atoms with Crippen LogP contribution in [0.1, 0.15) is 51.5 Å². The number of rotatable bonds is 7. The standard InChI is InChI=1S/C20H27ClO6S/c1-4-15-10-11-18(17(21)12-15)28(24,25,26)13-20(3,14(2)22)19(23)27-16-8-6-5-7-9-16/h4,10-12,16H,1,5-9,13H2,2-3H3,(H2,24,25,26). The third kappa shape index (κ3) is 4.89. The summed E-state index contributed by atoms with van der Waals surface area (Å²) in [5, 5.41) is -0.161. The molecule has 1 aromatic rings. The van der Waals surface area contributed by atoms with Crippen LogP contribution < -0.4 is 0 Å². The van der Waals surface area contributed by atoms with Gasteiger partial charge in [0.1, 0.15) is 26.9 Å². The second kappa shape index (κ2) is 8.06. The zero-order chi connectivity index (χ0) is 21.2. The molecule has 0 saturated heterocycles. The Kier molecular flexibility index (Phi) is 6.55. The highest BCUT2D eigenvalue weighted by Crippen LogP contribution is 2.41. The van der Waals surface area contributed by atoms with E-state index in [0.717, 1.165) is 26.2 Å². The summed E-state index contributed by atoms with van der Waals surface area (Å²) in [4.78, 5) is 24.6. The van der Waals surface area contributed by atoms with E-state index in [1.165, 1.54) is 31.2 Å². The molecule has 2 rings (SSSR count). The Hall–Kier alpha value is -1.54. The highest BCUT2D eigenvalue weighted by Gasteiger charge is 2.51. The number of carbonyl (C=O) groups excluding carboxylic acids is 2. The van der Waals surface area contributed by atoms with E-state index in [-0.39, 0.29) is 11.1 Å². The summed E-state index contributed by atoms with van der Waals surface area (Å²) in [7, 11) is -5.62. The maximum atomic E-state index is 13.2. The lowest BCUT2D eigenvalue weighted by atomic mass is 9.88. The number of ketones is 1. The van der Waals surface area contributed by atoms with Gasteiger partial charge in [0.2, 0.25) is 0 Å². The predicted molar refractivity (Wildman–Crippen MR) is 110 cm³/mol. The SMILES string of the molecule is C=Cc1ccc(S(=O)(O)(O)CC(C)(C(C)=O)C(=O)OC2CCCCC2)c(Cl)c1. The van der Waals surface area contributed by atoms with Crippen LogP contribution in [0.5, 0.6) is 0 Å². The van der Waals surface area contributed by atoms with Gasteiger partial charge < -0.3 is 13.8 Å². The summed E-state index contributed by atoms with van der Waals surface area (Å²) in [6, 6.07) is 4.02. The van der Waals surface area contributed by atoms with Crippen LogP contribution in [0.15, 0.2) is 29.7 Å². The maximum Gasteiger partial charge on any atom is 0.320 e. The van der Waals surface area contributed by atoms with Crippen molar-refractivity contribution in [2.75, 3.05) is 5.75 Å². The first-order valence-corrected chi connectivity index (χ1v) is 11.6. The molecule has 0 radical (unpaired) electrons. The molecular formula is C20H27ClO6S. The first-order chi connectivity index (χ1) is 12.9. The summed E-state index contributed by atoms with van der Waals surface area (Å²) in [5.41, 5.74) is -1.41. The van der Waals surface area contributed by atoms with Crippen LogP contribution in [0.2, 0.25) is 5.02 Å². The van der Waals surface area contributed by atoms with Crippen molar-refractivity contribution >= 4 is 39.1 Å². The first kappa shape index (κ1) is 22.7. The molecule has 1 aliphatic rings. The number of hydrogen-bond donors (Lipinski definition) is 2. The first-order valence-electron chi connectivity index (χ1n) is 9.17. The Morgan fingerprint density at radius 1 is 1.32 bits per heavy atom. The Balaban J connectivity index is 2.37. The summed E-state index contributed by atoms with van der Waals surface area (Å²) >= 11 is 6.08. The largest absolute Gasteiger partial charge is 0.462 e. The van der Waals surface area contributed by atoms with Gasteiger partial charge in [-0.2, -0.15) is 0 Å². The smallest absolute Gasteiger partial charge is 0.320 e. The molecule has 0 amide bonds. The van der Waals surface area contributed by atoms with Crippen LogP contribution >= 0.6 is 11.6 Å². The van der Waals surface area contributed by atoms with Gasteiger partial charge in [0.15, 0.2) is 0 Å². The molecule has 0 spiro atoms. The van der Waals surface area contributed by atoms with Gasteiger partial charge in [0.25, 0.3) is 0 Å². The molecule has 1 aliphatic carbocycles. The zero-order valence-electron chi connectivity index (χ0n) is 16.2. The molecule has 1 aromatic carbocycles. The van der Waals surface area contributed by atoms with E-state index in [1.807, 2.05) is 0 Å². The van der Waals surface area contributed by atoms with Gasteiger partial charge in [0.05, 0.1) is 15.7 Å². The molecule has 156 valence electrons. The van der Waals surface area contributed by atoms with E-state index in [9.17, 15) is 22.9 Å². The Morgan fingerprint density at radius 2 is 1.93 bits per heavy atom. The highest BCUT2D eigenvalue weighted by atomic mass is 35.5. The van der Waals surface area contributed by atoms with E-state index in [1.54, 1.807) is 0 Å². The average molecular weight is 431 g/mol. The number of halogens is 1. The monoisotopic (exact) mass is 430 g/mol. The van der Waals surface area contributed by atoms with Crippen LogP contribution in [0.25, 0.3) is 6.08 Å². The van der Waals surface area contributed by atoms with Gasteiger partial charge >= 0.3 is 5.97 Å². The molecule has 1 saturated carbocycles. The number of ether oxygens (including phenoxy) is 1. The summed E-state index contributed by atoms with van der Waals surface area (Å²) in [5.74, 6) is -2.61. The fraction of sp³-hybridized carbons (Fsp3) is 0.500. The molecule has 1 atom stereocenters. The molecular weight excluding hydrogens is 404 g/mol. The number of carbonyl (C=O) groups is 2. The van der Waals surface area contributed by atoms with Crippen molar-refractivity contribution < 1.29 is 27.6 Å². The fourth-order valence-electron chi connectivity index (χ4n) is 3.34. The van der Waals surface area contributed by atoms with E-state index < -0.39 is 37.4 Å². The lowest BCUT2D eigenvalue weighted by Crippen LogP contribution is -2.51. The molecule has 1 unspecified atom stereocenters. The van der Waals surface area contributed by atoms with E-state index in [0.29, 0.717) is 18.4 Å². The second-order valence-electron chi connectivity index (χ2n) is 7.61. The minimum Gasteiger partial charge on any atom is -0.462 e. The van der Waals surface area contributed by atoms with E-state index >= 15 is 0 Å². The predicted octanol–water partition coefficient (Wildman–Crippen LogP) is 4.58. The molecule has 6 nitrogen and oxygen atoms in total. The normalized spacial score (nSPS) is 19.1. The molecule has 0 aliphatic heterocycles. The van der Waals surface area contributed by atoms with Crippen molar-refractivity contribution in [1.29, 1.82) is 0 Å². The number of Topliss-reactive ketones (excluding diaryl/α,β-unsaturated/α-hetero) is 1. The third-order valence-electron chi connectivity index (χ3n) is 5.24. The van der Waals surface area contributed by atoms with E-state index in [2.05, 4.69) is 6.58 Å². The minimum absolute atomic E-state index is 0.161. The van der Waals surface area contributed by atoms with Crippen LogP contribution in [0, 0.1) is 5.41 Å². The van der Waals surface area contributed by atoms with E-state index in [4.69, 9.17) is 16.3 Å². The number of benzene rings is 1. The van der Waals surface area contributed by atoms with Crippen LogP contribution in [0.4, 0.5) is 0 Å². The van der Waals surface area contributed by atoms with Gasteiger partial charge in [-0.15, -0.1) is 0 Å². The Labute approximate surface area is 170 Å². The van der Waals surface area contributed by atoms with Crippen molar-refractivity contribution in [2.45, 2.75) is 57.0 Å². The molecule has 0 bridgehead atoms. The summed E-state index contributed by atoms with van der Waals surface area (Å²) in [6.07, 6.45) is 5.42. The van der Waals surface area contributed by atoms with Crippen molar-refractivity contribution in [2.24, 2.45) is 5.41 Å². The minimum atomic E-state index is -5.62. The Bertz CT molecular complexity index is 852. The second-order valence-corrected chi connectivity index (χ2v) is 10.8. The van der Waals surface area contributed by atoms with Crippen LogP contribution in [-0.2, 0) is 24.0 Å². The lowest BCUT2D eigenvalue weighted by Gasteiger charge is -2.38. The van der Waals surface area contributed by atoms with Gasteiger partial charge in [-0.05, 0) is 57.2 Å². The quantitative estimate of drug-likeness (QED) is 0.485. The zero-order valence-corrected chi connectivity index (χ0v) is 17.7. The summed E-state index contributed by atoms with van der Waals surface area (Å²) in [6.45, 7) is 5.93. The third-order valence-corrected chi connectivity index (χ3v) is 8.00. The van der Waals surface area contributed by atoms with Gasteiger partial charge in [-0.25, -0.2) is 4.21 Å². The average Bonchev–Trinajstić information content (AvgIpc) is 2.60. The van der Waals surface area contributed by atoms with Crippen LogP contribution in [0.3, 0.4) is 0 Å². The van der Waals surface area contributed by atoms with Crippen molar-refractivity contribution in [3.63, 3.8) is 0 Å². The molecule has 2 N–H and O–H groups in total. The lowest BCUT2D eigenvalue weighted by molar-refractivity contribution is -0.163. The van der Waals surface area contributed by atoms with Crippen molar-refractivity contribution in [1.82, 2.24) is 0 Å². The molecule has 0 heterocycles. The van der Waals surface area contributed by atoms with Crippen molar-refractivity contribution in [3.05, 3.63) is 35.4 Å².